The van der Waals surface area contributed by atoms with Gasteiger partial charge in [-0.15, -0.1) is 46.2 Å². The zero-order valence-electron chi connectivity index (χ0n) is 33.1. The second-order valence-corrected chi connectivity index (χ2v) is 19.4. The number of aliphatic carboxylic acids is 2. The number of β-lactam (4-membered cyclic amide) rings is 2. The Kier molecular flexibility index (Phi) is 20.1. The van der Waals surface area contributed by atoms with Gasteiger partial charge < -0.3 is 42.7 Å². The van der Waals surface area contributed by atoms with Gasteiger partial charge in [-0.05, 0) is 11.1 Å². The minimum atomic E-state index is -4.67. The number of hydrogen-bond donors (Lipinski definition) is 13. The fraction of sp³-hybridized carbons (Fsp3) is 0.241. The van der Waals surface area contributed by atoms with Crippen LogP contribution < -0.4 is 22.1 Å². The smallest absolute Gasteiger partial charge is 0.394 e. The molecule has 0 saturated carbocycles. The third-order valence-corrected chi connectivity index (χ3v) is 11.6. The number of nitrogens with one attached hydrogen (secondary N) is 2. The highest BCUT2D eigenvalue weighted by molar-refractivity contribution is 8.00. The largest absolute Gasteiger partial charge is 0.477 e. The minimum Gasteiger partial charge on any atom is -0.477 e. The van der Waals surface area contributed by atoms with Crippen LogP contribution >= 0.6 is 46.2 Å². The molecule has 4 aliphatic rings. The molecule has 31 nitrogen and oxygen atoms in total. The number of nitrogens with two attached hydrogens (primary N) is 2. The molecule has 4 amide bonds. The monoisotopic (exact) mass is 1080 g/mol. The molecule has 0 spiro atoms. The van der Waals surface area contributed by atoms with Crippen LogP contribution in [0.3, 0.4) is 0 Å². The number of carbonyl (C=O) groups excluding carboxylic acids is 4. The molecule has 2 saturated heterocycles. The van der Waals surface area contributed by atoms with Crippen LogP contribution in [0.5, 0.6) is 0 Å². The molecule has 6 rings (SSSR count). The normalized spacial score (nSPS) is 20.1. The molecule has 6 heterocycles. The molecule has 0 unspecified atom stereocenters. The van der Waals surface area contributed by atoms with Crippen molar-refractivity contribution >= 4 is 134 Å². The van der Waals surface area contributed by atoms with Gasteiger partial charge in [0, 0.05) is 22.3 Å². The number of nitrogen functional groups attached to an aromatic ring is 2. The lowest BCUT2D eigenvalue weighted by Gasteiger charge is -2.49. The first-order chi connectivity index (χ1) is 30.8. The maximum atomic E-state index is 12.4. The van der Waals surface area contributed by atoms with Gasteiger partial charge in [-0.25, -0.2) is 19.6 Å². The lowest BCUT2D eigenvalue weighted by atomic mass is 10.0. The Balaban J connectivity index is 0.000000353. The van der Waals surface area contributed by atoms with E-state index in [0.717, 1.165) is 32.5 Å². The van der Waals surface area contributed by atoms with E-state index in [1.807, 2.05) is 0 Å². The number of allylic oxidation sites excluding steroid dienone is 2. The number of thiazole rings is 2. The van der Waals surface area contributed by atoms with Crippen molar-refractivity contribution in [1.29, 1.82) is 0 Å². The molecule has 0 radical (unpaired) electrons. The van der Waals surface area contributed by atoms with Crippen molar-refractivity contribution in [2.75, 3.05) is 29.2 Å². The Labute approximate surface area is 392 Å². The number of anilines is 2. The summed E-state index contributed by atoms with van der Waals surface area (Å²) < 4.78 is 89.0. The summed E-state index contributed by atoms with van der Waals surface area (Å²) >= 11 is 4.73. The van der Waals surface area contributed by atoms with E-state index in [0.29, 0.717) is 28.9 Å². The van der Waals surface area contributed by atoms with E-state index >= 15 is 0 Å². The molecule has 4 aliphatic heterocycles. The SMILES string of the molecule is C=CC1=C(C(=O)O)N2C(=O)[C@@H](NC(=O)/C(=N\O)c3csc(N)n3)[C@H]2SC1.C=CC1=C(C(=O)O)N2C(=O)[C@@H](NC(=O)/C(=N\O)c3csc(N)n3)[C@H]2SC1.CS(=O)(=O)O.O=S(=O)(O)O.O=S(=O)(O)O. The van der Waals surface area contributed by atoms with Crippen LogP contribution in [0.25, 0.3) is 0 Å². The van der Waals surface area contributed by atoms with E-state index in [2.05, 4.69) is 44.1 Å². The predicted molar refractivity (Wildman–Crippen MR) is 235 cm³/mol. The van der Waals surface area contributed by atoms with Gasteiger partial charge in [0.1, 0.15) is 45.6 Å². The van der Waals surface area contributed by atoms with Gasteiger partial charge in [-0.1, -0.05) is 35.6 Å². The van der Waals surface area contributed by atoms with Crippen LogP contribution in [0.4, 0.5) is 10.3 Å². The summed E-state index contributed by atoms with van der Waals surface area (Å²) in [5.74, 6) is -4.55. The van der Waals surface area contributed by atoms with Crippen molar-refractivity contribution in [3.8, 4) is 0 Å². The number of hydrogen-bond acceptors (Lipinski definition) is 24. The van der Waals surface area contributed by atoms with Crippen molar-refractivity contribution in [2.24, 2.45) is 10.3 Å². The summed E-state index contributed by atoms with van der Waals surface area (Å²) in [6.07, 6.45) is 3.51. The molecule has 2 fully saturated rings. The van der Waals surface area contributed by atoms with Crippen LogP contribution in [0, 0.1) is 0 Å². The average Bonchev–Trinajstić information content (AvgIpc) is 3.83. The number of carbonyl (C=O) groups is 6. The highest BCUT2D eigenvalue weighted by Crippen LogP contribution is 2.41. The standard InChI is InChI=1S/2C14H13N5O5S2.CH4O3S.2H2O4S/c2*1-2-5-3-25-12-8(11(21)19(12)9(5)13(22)23)17-10(20)7(18-24)6-4-26-14(15)16-6;3*1-5(2,3)4/h2*2,4,8,12,24H,1,3H2,(H2,15,16)(H,17,20)(H,22,23);1H3,(H,2,3,4);2*(H2,1,2,3,4)/b2*18-7-;;;/t2*8-,12-;;;/m11.../s1. The summed E-state index contributed by atoms with van der Waals surface area (Å²) in [5.41, 5.74) is 11.0. The number of aromatic nitrogens is 2. The Morgan fingerprint density at radius 3 is 1.19 bits per heavy atom. The van der Waals surface area contributed by atoms with Crippen molar-refractivity contribution in [2.45, 2.75) is 22.8 Å². The maximum Gasteiger partial charge on any atom is 0.394 e. The number of thioether (sulfide) groups is 2. The van der Waals surface area contributed by atoms with Crippen LogP contribution in [0.15, 0.2) is 68.9 Å². The summed E-state index contributed by atoms with van der Waals surface area (Å²) in [4.78, 5) is 82.3. The molecule has 2 aromatic rings. The number of carboxylic acid groups (broad SMARTS) is 2. The quantitative estimate of drug-likeness (QED) is 0.0397. The zero-order chi connectivity index (χ0) is 51.5. The molecule has 368 valence electrons. The van der Waals surface area contributed by atoms with Crippen molar-refractivity contribution < 1.29 is 97.4 Å². The van der Waals surface area contributed by atoms with Crippen LogP contribution in [0.2, 0.25) is 0 Å². The number of rotatable bonds is 10. The number of amides is 4. The number of carboxylic acids is 2. The first-order valence-corrected chi connectivity index (χ1v) is 25.2. The van der Waals surface area contributed by atoms with E-state index in [9.17, 15) is 47.4 Å². The van der Waals surface area contributed by atoms with Gasteiger partial charge in [0.2, 0.25) is 0 Å². The second kappa shape index (κ2) is 23.6. The molecule has 0 bridgehead atoms. The van der Waals surface area contributed by atoms with E-state index in [1.165, 1.54) is 46.4 Å². The molecule has 38 heteroatoms. The van der Waals surface area contributed by atoms with Crippen molar-refractivity contribution in [3.63, 3.8) is 0 Å². The molecule has 67 heavy (non-hydrogen) atoms. The van der Waals surface area contributed by atoms with Crippen molar-refractivity contribution in [3.05, 3.63) is 70.0 Å². The first-order valence-electron chi connectivity index (χ1n) is 16.7. The van der Waals surface area contributed by atoms with E-state index in [4.69, 9.17) is 61.5 Å². The van der Waals surface area contributed by atoms with Crippen molar-refractivity contribution in [1.82, 2.24) is 30.4 Å². The highest BCUT2D eigenvalue weighted by Gasteiger charge is 2.55. The average molecular weight is 1080 g/mol. The van der Waals surface area contributed by atoms with Gasteiger partial charge in [0.05, 0.1) is 6.26 Å². The lowest BCUT2D eigenvalue weighted by molar-refractivity contribution is -0.150. The van der Waals surface area contributed by atoms with Gasteiger partial charge in [-0.3, -0.25) is 51.7 Å². The Hall–Kier alpha value is -6.07. The van der Waals surface area contributed by atoms with E-state index < -0.39 is 89.3 Å². The van der Waals surface area contributed by atoms with Gasteiger partial charge in [0.25, 0.3) is 33.7 Å². The topological polar surface area (TPSA) is 520 Å². The summed E-state index contributed by atoms with van der Waals surface area (Å²) in [7, 11) is -13.0. The number of oxime groups is 2. The summed E-state index contributed by atoms with van der Waals surface area (Å²) in [6.45, 7) is 7.12. The second-order valence-electron chi connectivity index (χ2n) is 12.2. The Morgan fingerprint density at radius 1 is 0.701 bits per heavy atom. The molecule has 2 aromatic heterocycles. The third-order valence-electron chi connectivity index (χ3n) is 7.63. The zero-order valence-corrected chi connectivity index (χ0v) is 38.8. The molecule has 4 atom stereocenters. The van der Waals surface area contributed by atoms with Crippen LogP contribution in [0.1, 0.15) is 11.4 Å². The summed E-state index contributed by atoms with van der Waals surface area (Å²) in [6, 6.07) is -1.89. The first kappa shape index (κ1) is 57.1. The molecular formula is C29H34N10O21S7. The van der Waals surface area contributed by atoms with Gasteiger partial charge in [-0.2, -0.15) is 25.3 Å². The molecule has 0 aromatic carbocycles. The third kappa shape index (κ3) is 16.6. The fourth-order valence-electron chi connectivity index (χ4n) is 5.24. The Morgan fingerprint density at radius 2 is 0.985 bits per heavy atom. The van der Waals surface area contributed by atoms with Gasteiger partial charge >= 0.3 is 32.7 Å². The lowest BCUT2D eigenvalue weighted by Crippen LogP contribution is -2.71. The minimum absolute atomic E-state index is 0.0764. The predicted octanol–water partition coefficient (Wildman–Crippen LogP) is -2.15. The Bertz CT molecular complexity index is 2550. The fourth-order valence-corrected chi connectivity index (χ4v) is 9.01. The molecular weight excluding hydrogens is 1050 g/mol. The van der Waals surface area contributed by atoms with Crippen LogP contribution in [-0.2, 0) is 59.7 Å². The van der Waals surface area contributed by atoms with Gasteiger partial charge in [0.15, 0.2) is 21.7 Å². The van der Waals surface area contributed by atoms with E-state index in [1.54, 1.807) is 0 Å². The number of nitrogens with zero attached hydrogens (tertiary/aromatic N) is 6. The summed E-state index contributed by atoms with van der Waals surface area (Å²) in [5, 5.41) is 49.8. The van der Waals surface area contributed by atoms with E-state index in [-0.39, 0.29) is 44.5 Å². The maximum absolute atomic E-state index is 12.4. The number of fused-ring (bicyclic) bond motifs is 2. The highest BCUT2D eigenvalue weighted by atomic mass is 32.3. The van der Waals surface area contributed by atoms with Crippen LogP contribution in [-0.4, -0.2) is 176 Å². The molecule has 15 N–H and O–H groups in total. The molecule has 0 aliphatic carbocycles.